The van der Waals surface area contributed by atoms with Gasteiger partial charge in [-0.25, -0.2) is 4.39 Å². The number of nitrogens with one attached hydrogen (secondary N) is 2. The second-order valence-electron chi connectivity index (χ2n) is 5.24. The molecule has 1 aromatic heterocycles. The number of rotatable bonds is 5. The summed E-state index contributed by atoms with van der Waals surface area (Å²) in [4.78, 5) is 24.1. The maximum atomic E-state index is 12.8. The second-order valence-corrected chi connectivity index (χ2v) is 5.60. The summed E-state index contributed by atoms with van der Waals surface area (Å²) in [5.74, 6) is -1.57. The zero-order valence-corrected chi connectivity index (χ0v) is 14.2. The van der Waals surface area contributed by atoms with E-state index in [9.17, 15) is 14.0 Å². The van der Waals surface area contributed by atoms with Gasteiger partial charge in [-0.15, -0.1) is 0 Å². The molecule has 2 N–H and O–H groups in total. The molecule has 1 aromatic carbocycles. The van der Waals surface area contributed by atoms with Crippen LogP contribution in [0, 0.1) is 12.7 Å². The zero-order chi connectivity index (χ0) is 17.7. The Balaban J connectivity index is 2.03. The highest BCUT2D eigenvalue weighted by atomic mass is 35.5. The Bertz CT molecular complexity index is 743. The largest absolute Gasteiger partial charge is 0.274 e. The minimum absolute atomic E-state index is 0.215. The third kappa shape index (κ3) is 4.11. The van der Waals surface area contributed by atoms with E-state index in [1.54, 1.807) is 11.6 Å². The summed E-state index contributed by atoms with van der Waals surface area (Å²) in [6.07, 6.45) is 1.87. The number of amides is 2. The van der Waals surface area contributed by atoms with Crippen LogP contribution in [0.3, 0.4) is 0 Å². The number of aromatic nitrogens is 2. The quantitative estimate of drug-likeness (QED) is 0.812. The van der Waals surface area contributed by atoms with Gasteiger partial charge in [-0.05, 0) is 37.6 Å². The van der Waals surface area contributed by atoms with Crippen molar-refractivity contribution in [2.24, 2.45) is 0 Å². The van der Waals surface area contributed by atoms with E-state index in [4.69, 9.17) is 11.6 Å². The van der Waals surface area contributed by atoms with Crippen LogP contribution in [0.4, 0.5) is 4.39 Å². The topological polar surface area (TPSA) is 76.0 Å². The van der Waals surface area contributed by atoms with Crippen molar-refractivity contribution in [2.75, 3.05) is 0 Å². The fourth-order valence-corrected chi connectivity index (χ4v) is 2.46. The smallest absolute Gasteiger partial charge is 0.267 e. The fourth-order valence-electron chi connectivity index (χ4n) is 2.12. The van der Waals surface area contributed by atoms with Crippen LogP contribution in [0.1, 0.15) is 46.2 Å². The van der Waals surface area contributed by atoms with E-state index in [1.807, 2.05) is 6.92 Å². The van der Waals surface area contributed by atoms with Crippen LogP contribution in [0.2, 0.25) is 5.15 Å². The van der Waals surface area contributed by atoms with Crippen LogP contribution in [0.25, 0.3) is 0 Å². The van der Waals surface area contributed by atoms with Gasteiger partial charge in [0, 0.05) is 12.1 Å². The van der Waals surface area contributed by atoms with E-state index >= 15 is 0 Å². The number of hydrogen-bond acceptors (Lipinski definition) is 3. The number of benzene rings is 1. The molecule has 0 spiro atoms. The number of aryl methyl sites for hydroxylation is 2. The van der Waals surface area contributed by atoms with Gasteiger partial charge in [0.15, 0.2) is 0 Å². The number of unbranched alkanes of at least 4 members (excludes halogenated alkanes) is 1. The van der Waals surface area contributed by atoms with Gasteiger partial charge in [0.1, 0.15) is 16.5 Å². The van der Waals surface area contributed by atoms with Crippen LogP contribution in [-0.2, 0) is 6.54 Å². The first-order valence-corrected chi connectivity index (χ1v) is 7.91. The Morgan fingerprint density at radius 2 is 1.83 bits per heavy atom. The highest BCUT2D eigenvalue weighted by Crippen LogP contribution is 2.20. The molecule has 2 amide bonds. The molecule has 1 heterocycles. The van der Waals surface area contributed by atoms with E-state index in [0.717, 1.165) is 25.0 Å². The maximum absolute atomic E-state index is 12.8. The molecule has 128 valence electrons. The third-order valence-corrected chi connectivity index (χ3v) is 3.80. The van der Waals surface area contributed by atoms with E-state index in [0.29, 0.717) is 12.2 Å². The van der Waals surface area contributed by atoms with Gasteiger partial charge in [0.25, 0.3) is 11.8 Å². The van der Waals surface area contributed by atoms with E-state index in [-0.39, 0.29) is 16.3 Å². The second kappa shape index (κ2) is 7.92. The van der Waals surface area contributed by atoms with E-state index < -0.39 is 17.6 Å². The van der Waals surface area contributed by atoms with Crippen LogP contribution in [0.5, 0.6) is 0 Å². The van der Waals surface area contributed by atoms with Gasteiger partial charge in [-0.2, -0.15) is 5.10 Å². The number of carbonyl (C=O) groups excluding carboxylic acids is 2. The molecule has 0 aliphatic rings. The van der Waals surface area contributed by atoms with Crippen molar-refractivity contribution < 1.29 is 14.0 Å². The highest BCUT2D eigenvalue weighted by molar-refractivity contribution is 6.33. The van der Waals surface area contributed by atoms with Crippen LogP contribution in [0.15, 0.2) is 24.3 Å². The predicted molar refractivity (Wildman–Crippen MR) is 88.2 cm³/mol. The van der Waals surface area contributed by atoms with E-state index in [1.165, 1.54) is 12.1 Å². The first-order valence-electron chi connectivity index (χ1n) is 7.53. The van der Waals surface area contributed by atoms with E-state index in [2.05, 4.69) is 16.0 Å². The Morgan fingerprint density at radius 1 is 1.21 bits per heavy atom. The molecule has 0 saturated heterocycles. The minimum atomic E-state index is -0.560. The molecular formula is C16H18ClFN4O2. The summed E-state index contributed by atoms with van der Waals surface area (Å²) < 4.78 is 14.4. The van der Waals surface area contributed by atoms with Crippen LogP contribution >= 0.6 is 11.6 Å². The van der Waals surface area contributed by atoms with Gasteiger partial charge in [0.2, 0.25) is 0 Å². The standard InChI is InChI=1S/C16H18ClFN4O2/c1-3-4-9-22-14(17)13(10(2)21-22)16(24)20-19-15(23)11-5-7-12(18)8-6-11/h5-8H,3-4,9H2,1-2H3,(H,19,23)(H,20,24). The van der Waals surface area contributed by atoms with Crippen molar-refractivity contribution in [1.82, 2.24) is 20.6 Å². The first kappa shape index (κ1) is 17.9. The molecule has 0 atom stereocenters. The Hall–Kier alpha value is -2.41. The lowest BCUT2D eigenvalue weighted by Gasteiger charge is -2.07. The molecule has 0 unspecified atom stereocenters. The van der Waals surface area contributed by atoms with Crippen molar-refractivity contribution in [1.29, 1.82) is 0 Å². The fraction of sp³-hybridized carbons (Fsp3) is 0.312. The SMILES string of the molecule is CCCCn1nc(C)c(C(=O)NNC(=O)c2ccc(F)cc2)c1Cl. The lowest BCUT2D eigenvalue weighted by atomic mass is 10.2. The van der Waals surface area contributed by atoms with Crippen molar-refractivity contribution in [3.63, 3.8) is 0 Å². The number of carbonyl (C=O) groups is 2. The van der Waals surface area contributed by atoms with Gasteiger partial charge < -0.3 is 0 Å². The maximum Gasteiger partial charge on any atom is 0.274 e. The lowest BCUT2D eigenvalue weighted by Crippen LogP contribution is -2.41. The average Bonchev–Trinajstić information content (AvgIpc) is 2.85. The normalized spacial score (nSPS) is 10.5. The highest BCUT2D eigenvalue weighted by Gasteiger charge is 2.20. The number of halogens is 2. The van der Waals surface area contributed by atoms with Gasteiger partial charge in [-0.3, -0.25) is 25.1 Å². The number of nitrogens with zero attached hydrogens (tertiary/aromatic N) is 2. The summed E-state index contributed by atoms with van der Waals surface area (Å²) in [6.45, 7) is 4.33. The summed E-state index contributed by atoms with van der Waals surface area (Å²) in [5.41, 5.74) is 5.47. The summed E-state index contributed by atoms with van der Waals surface area (Å²) in [5, 5.41) is 4.46. The summed E-state index contributed by atoms with van der Waals surface area (Å²) in [7, 11) is 0. The van der Waals surface area contributed by atoms with Crippen molar-refractivity contribution in [3.8, 4) is 0 Å². The Labute approximate surface area is 144 Å². The predicted octanol–water partition coefficient (Wildman–Crippen LogP) is 2.86. The molecule has 6 nitrogen and oxygen atoms in total. The molecule has 2 aromatic rings. The average molecular weight is 353 g/mol. The van der Waals surface area contributed by atoms with Gasteiger partial charge >= 0.3 is 0 Å². The molecule has 2 rings (SSSR count). The molecule has 0 aliphatic heterocycles. The molecule has 0 radical (unpaired) electrons. The molecule has 8 heteroatoms. The van der Waals surface area contributed by atoms with Gasteiger partial charge in [-0.1, -0.05) is 24.9 Å². The molecule has 24 heavy (non-hydrogen) atoms. The zero-order valence-electron chi connectivity index (χ0n) is 13.4. The summed E-state index contributed by atoms with van der Waals surface area (Å²) in [6, 6.07) is 4.96. The number of hydrogen-bond donors (Lipinski definition) is 2. The molecule has 0 aliphatic carbocycles. The van der Waals surface area contributed by atoms with Crippen LogP contribution in [-0.4, -0.2) is 21.6 Å². The Morgan fingerprint density at radius 3 is 2.46 bits per heavy atom. The first-order chi connectivity index (χ1) is 11.4. The van der Waals surface area contributed by atoms with Crippen molar-refractivity contribution >= 4 is 23.4 Å². The lowest BCUT2D eigenvalue weighted by molar-refractivity contribution is 0.0846. The molecule has 0 bridgehead atoms. The molecule has 0 saturated carbocycles. The van der Waals surface area contributed by atoms with Crippen molar-refractivity contribution in [2.45, 2.75) is 33.2 Å². The Kier molecular flexibility index (Phi) is 5.92. The van der Waals surface area contributed by atoms with Crippen LogP contribution < -0.4 is 10.9 Å². The summed E-state index contributed by atoms with van der Waals surface area (Å²) >= 11 is 6.20. The monoisotopic (exact) mass is 352 g/mol. The third-order valence-electron chi connectivity index (χ3n) is 3.41. The molecular weight excluding hydrogens is 335 g/mol. The molecule has 0 fully saturated rings. The number of hydrazine groups is 1. The minimum Gasteiger partial charge on any atom is -0.267 e. The van der Waals surface area contributed by atoms with Gasteiger partial charge in [0.05, 0.1) is 5.69 Å². The van der Waals surface area contributed by atoms with Crippen molar-refractivity contribution in [3.05, 3.63) is 52.1 Å².